The first-order valence-electron chi connectivity index (χ1n) is 6.30. The summed E-state index contributed by atoms with van der Waals surface area (Å²) in [6.45, 7) is 0. The summed E-state index contributed by atoms with van der Waals surface area (Å²) in [7, 11) is 0. The largest absolute Gasteiger partial charge is 0.612 e. The van der Waals surface area contributed by atoms with Crippen LogP contribution in [0.2, 0.25) is 10.0 Å². The Kier molecular flexibility index (Phi) is 4.01. The number of hydrogen-bond acceptors (Lipinski definition) is 4. The molecule has 1 aromatic carbocycles. The van der Waals surface area contributed by atoms with Crippen LogP contribution in [0.3, 0.4) is 0 Å². The van der Waals surface area contributed by atoms with Crippen LogP contribution in [0.15, 0.2) is 27.9 Å². The maximum Gasteiger partial charge on any atom is 0.203 e. The lowest BCUT2D eigenvalue weighted by molar-refractivity contribution is 0.103. The standard InChI is InChI=1S/C14H11Cl2NO3S/c1-21(19)14-10(13(18)8-5-17-20-6-8)4-9(7-2-3-7)11(15)12(14)16/h4-7H,2-3H2,1H3. The van der Waals surface area contributed by atoms with Crippen molar-refractivity contribution in [1.29, 1.82) is 0 Å². The van der Waals surface area contributed by atoms with Gasteiger partial charge in [-0.1, -0.05) is 28.4 Å². The second-order valence-corrected chi connectivity index (χ2v) is 7.01. The predicted octanol–water partition coefficient (Wildman–Crippen LogP) is 3.83. The smallest absolute Gasteiger partial charge is 0.203 e. The summed E-state index contributed by atoms with van der Waals surface area (Å²) in [6, 6.07) is 1.71. The SMILES string of the molecule is C[S+]([O-])c1c(C(=O)c2cnoc2)cc(C2CC2)c(Cl)c1Cl. The van der Waals surface area contributed by atoms with Crippen molar-refractivity contribution in [2.24, 2.45) is 0 Å². The molecule has 1 fully saturated rings. The summed E-state index contributed by atoms with van der Waals surface area (Å²) < 4.78 is 16.7. The van der Waals surface area contributed by atoms with Crippen LogP contribution in [0.5, 0.6) is 0 Å². The third-order valence-corrected chi connectivity index (χ3v) is 5.43. The zero-order chi connectivity index (χ0) is 15.1. The van der Waals surface area contributed by atoms with Gasteiger partial charge >= 0.3 is 0 Å². The molecule has 110 valence electrons. The Morgan fingerprint density at radius 3 is 2.67 bits per heavy atom. The van der Waals surface area contributed by atoms with Gasteiger partial charge in [-0.15, -0.1) is 0 Å². The zero-order valence-corrected chi connectivity index (χ0v) is 13.4. The molecule has 1 atom stereocenters. The summed E-state index contributed by atoms with van der Waals surface area (Å²) >= 11 is 11.1. The molecule has 0 saturated heterocycles. The highest BCUT2D eigenvalue weighted by molar-refractivity contribution is 7.91. The predicted molar refractivity (Wildman–Crippen MR) is 80.7 cm³/mol. The molecule has 1 aromatic heterocycles. The molecular formula is C14H11Cl2NO3S. The van der Waals surface area contributed by atoms with Crippen LogP contribution in [-0.4, -0.2) is 21.7 Å². The van der Waals surface area contributed by atoms with Crippen molar-refractivity contribution in [3.8, 4) is 0 Å². The first kappa shape index (κ1) is 14.9. The molecular weight excluding hydrogens is 333 g/mol. The lowest BCUT2D eigenvalue weighted by Gasteiger charge is -2.15. The summed E-state index contributed by atoms with van der Waals surface area (Å²) in [5.41, 5.74) is 1.44. The van der Waals surface area contributed by atoms with Crippen LogP contribution >= 0.6 is 23.2 Å². The van der Waals surface area contributed by atoms with E-state index in [1.165, 1.54) is 18.7 Å². The average Bonchev–Trinajstić information content (AvgIpc) is 3.14. The Morgan fingerprint density at radius 2 is 2.14 bits per heavy atom. The second kappa shape index (κ2) is 5.65. The van der Waals surface area contributed by atoms with Crippen molar-refractivity contribution >= 4 is 40.2 Å². The molecule has 1 aliphatic rings. The van der Waals surface area contributed by atoms with E-state index < -0.39 is 11.2 Å². The normalized spacial score (nSPS) is 16.0. The van der Waals surface area contributed by atoms with Crippen molar-refractivity contribution in [2.75, 3.05) is 6.26 Å². The summed E-state index contributed by atoms with van der Waals surface area (Å²) in [6.07, 6.45) is 6.09. The highest BCUT2D eigenvalue weighted by Gasteiger charge is 2.33. The van der Waals surface area contributed by atoms with Crippen molar-refractivity contribution in [3.63, 3.8) is 0 Å². The molecule has 4 nitrogen and oxygen atoms in total. The van der Waals surface area contributed by atoms with Gasteiger partial charge in [0.25, 0.3) is 0 Å². The Balaban J connectivity index is 2.19. The lowest BCUT2D eigenvalue weighted by Crippen LogP contribution is -2.11. The summed E-state index contributed by atoms with van der Waals surface area (Å²) in [5.74, 6) is 0.00489. The van der Waals surface area contributed by atoms with Gasteiger partial charge in [-0.3, -0.25) is 4.79 Å². The monoisotopic (exact) mass is 343 g/mol. The average molecular weight is 344 g/mol. The molecule has 0 spiro atoms. The van der Waals surface area contributed by atoms with Crippen molar-refractivity contribution in [3.05, 3.63) is 45.3 Å². The molecule has 21 heavy (non-hydrogen) atoms. The molecule has 2 aromatic rings. The molecule has 0 N–H and O–H groups in total. The van der Waals surface area contributed by atoms with Gasteiger partial charge in [-0.25, -0.2) is 0 Å². The fourth-order valence-electron chi connectivity index (χ4n) is 2.24. The summed E-state index contributed by atoms with van der Waals surface area (Å²) in [4.78, 5) is 12.8. The molecule has 3 rings (SSSR count). The van der Waals surface area contributed by atoms with Crippen LogP contribution in [-0.2, 0) is 11.2 Å². The molecule has 1 aliphatic carbocycles. The number of ketones is 1. The third-order valence-electron chi connectivity index (χ3n) is 3.43. The topological polar surface area (TPSA) is 66.2 Å². The minimum Gasteiger partial charge on any atom is -0.612 e. The highest BCUT2D eigenvalue weighted by atomic mass is 35.5. The number of halogens is 2. The van der Waals surface area contributed by atoms with Crippen LogP contribution in [0.4, 0.5) is 0 Å². The van der Waals surface area contributed by atoms with Gasteiger partial charge in [-0.2, -0.15) is 0 Å². The van der Waals surface area contributed by atoms with E-state index in [0.29, 0.717) is 22.1 Å². The van der Waals surface area contributed by atoms with E-state index in [1.807, 2.05) is 0 Å². The zero-order valence-electron chi connectivity index (χ0n) is 11.1. The van der Waals surface area contributed by atoms with E-state index in [2.05, 4.69) is 5.16 Å². The quantitative estimate of drug-likeness (QED) is 0.625. The van der Waals surface area contributed by atoms with Gasteiger partial charge in [0.2, 0.25) is 5.78 Å². The number of aromatic nitrogens is 1. The van der Waals surface area contributed by atoms with Crippen molar-refractivity contribution in [2.45, 2.75) is 23.7 Å². The highest BCUT2D eigenvalue weighted by Crippen LogP contribution is 2.47. The Labute approximate surface area is 134 Å². The molecule has 1 saturated carbocycles. The lowest BCUT2D eigenvalue weighted by atomic mass is 10.0. The Morgan fingerprint density at radius 1 is 1.43 bits per heavy atom. The molecule has 0 radical (unpaired) electrons. The van der Waals surface area contributed by atoms with Crippen LogP contribution < -0.4 is 0 Å². The molecule has 1 unspecified atom stereocenters. The number of rotatable bonds is 4. The van der Waals surface area contributed by atoms with Crippen LogP contribution in [0.1, 0.15) is 40.2 Å². The van der Waals surface area contributed by atoms with Gasteiger partial charge < -0.3 is 9.08 Å². The fraction of sp³-hybridized carbons (Fsp3) is 0.286. The first-order valence-corrected chi connectivity index (χ1v) is 8.61. The van der Waals surface area contributed by atoms with E-state index >= 15 is 0 Å². The van der Waals surface area contributed by atoms with Gasteiger partial charge in [0.1, 0.15) is 17.5 Å². The maximum atomic E-state index is 12.6. The van der Waals surface area contributed by atoms with Crippen LogP contribution in [0.25, 0.3) is 0 Å². The van der Waals surface area contributed by atoms with Gasteiger partial charge in [-0.05, 0) is 41.6 Å². The minimum absolute atomic E-state index is 0.196. The number of nitrogens with zero attached hydrogens (tertiary/aromatic N) is 1. The number of carbonyl (C=O) groups excluding carboxylic acids is 1. The molecule has 7 heteroatoms. The molecule has 0 amide bonds. The van der Waals surface area contributed by atoms with Crippen LogP contribution in [0, 0.1) is 0 Å². The third kappa shape index (κ3) is 2.71. The number of carbonyl (C=O) groups is 1. The molecule has 1 heterocycles. The first-order chi connectivity index (χ1) is 10.0. The van der Waals surface area contributed by atoms with E-state index in [1.54, 1.807) is 6.07 Å². The minimum atomic E-state index is -1.43. The second-order valence-electron chi connectivity index (χ2n) is 4.94. The van der Waals surface area contributed by atoms with E-state index in [4.69, 9.17) is 27.7 Å². The maximum absolute atomic E-state index is 12.6. The fourth-order valence-corrected chi connectivity index (χ4v) is 3.95. The molecule has 0 bridgehead atoms. The molecule has 0 aliphatic heterocycles. The number of hydrogen-bond donors (Lipinski definition) is 0. The van der Waals surface area contributed by atoms with Gasteiger partial charge in [0.15, 0.2) is 4.90 Å². The van der Waals surface area contributed by atoms with Crippen molar-refractivity contribution in [1.82, 2.24) is 5.16 Å². The van der Waals surface area contributed by atoms with E-state index in [0.717, 1.165) is 18.4 Å². The number of benzene rings is 1. The van der Waals surface area contributed by atoms with E-state index in [9.17, 15) is 9.35 Å². The van der Waals surface area contributed by atoms with Gasteiger partial charge in [0.05, 0.1) is 22.3 Å². The van der Waals surface area contributed by atoms with E-state index in [-0.39, 0.29) is 15.7 Å². The summed E-state index contributed by atoms with van der Waals surface area (Å²) in [5, 5.41) is 4.11. The Bertz CT molecular complexity index is 697. The van der Waals surface area contributed by atoms with Crippen molar-refractivity contribution < 1.29 is 13.9 Å². The Hall–Kier alpha value is -1.01. The van der Waals surface area contributed by atoms with Gasteiger partial charge in [0, 0.05) is 0 Å².